The normalized spacial score (nSPS) is 20.6. The Balaban J connectivity index is 2.68. The Morgan fingerprint density at radius 3 is 2.37 bits per heavy atom. The van der Waals surface area contributed by atoms with E-state index in [9.17, 15) is 4.79 Å². The van der Waals surface area contributed by atoms with E-state index >= 15 is 0 Å². The molecule has 1 saturated carbocycles. The molecule has 2 atom stereocenters. The highest BCUT2D eigenvalue weighted by atomic mass is 16.1. The van der Waals surface area contributed by atoms with Crippen molar-refractivity contribution in [2.45, 2.75) is 84.0 Å². The van der Waals surface area contributed by atoms with Gasteiger partial charge in [-0.15, -0.1) is 0 Å². The van der Waals surface area contributed by atoms with Crippen LogP contribution in [-0.4, -0.2) is 41.0 Å². The van der Waals surface area contributed by atoms with E-state index in [2.05, 4.69) is 37.9 Å². The molecule has 0 spiro atoms. The number of carbonyl (C=O) groups excluding carboxylic acids is 1. The third-order valence-corrected chi connectivity index (χ3v) is 3.92. The van der Waals surface area contributed by atoms with Crippen molar-refractivity contribution in [2.75, 3.05) is 6.54 Å². The molecule has 0 radical (unpaired) electrons. The van der Waals surface area contributed by atoms with E-state index in [0.29, 0.717) is 6.04 Å². The number of hydrogen-bond acceptors (Lipinski definition) is 3. The summed E-state index contributed by atoms with van der Waals surface area (Å²) in [7, 11) is 0. The van der Waals surface area contributed by atoms with Gasteiger partial charge in [-0.05, 0) is 59.9 Å². The lowest BCUT2D eigenvalue weighted by molar-refractivity contribution is -0.125. The first-order chi connectivity index (χ1) is 8.80. The van der Waals surface area contributed by atoms with Gasteiger partial charge in [-0.3, -0.25) is 9.69 Å². The molecule has 0 heterocycles. The van der Waals surface area contributed by atoms with Crippen LogP contribution >= 0.6 is 0 Å². The quantitative estimate of drug-likeness (QED) is 0.672. The topological polar surface area (TPSA) is 58.4 Å². The van der Waals surface area contributed by atoms with E-state index in [1.165, 1.54) is 12.8 Å². The van der Waals surface area contributed by atoms with Crippen LogP contribution in [0.25, 0.3) is 0 Å². The van der Waals surface area contributed by atoms with E-state index < -0.39 is 5.54 Å². The van der Waals surface area contributed by atoms with Crippen LogP contribution < -0.4 is 11.1 Å². The monoisotopic (exact) mass is 269 g/mol. The second kappa shape index (κ2) is 6.71. The smallest absolute Gasteiger partial charge is 0.237 e. The van der Waals surface area contributed by atoms with Gasteiger partial charge in [-0.2, -0.15) is 0 Å². The van der Waals surface area contributed by atoms with Crippen LogP contribution in [0.4, 0.5) is 0 Å². The number of rotatable bonds is 9. The lowest BCUT2D eigenvalue weighted by Gasteiger charge is -2.37. The number of nitrogens with zero attached hydrogens (tertiary/aromatic N) is 1. The van der Waals surface area contributed by atoms with E-state index in [0.717, 1.165) is 25.4 Å². The fourth-order valence-corrected chi connectivity index (χ4v) is 3.00. The molecular weight excluding hydrogens is 238 g/mol. The van der Waals surface area contributed by atoms with E-state index in [4.69, 9.17) is 5.73 Å². The molecule has 0 bridgehead atoms. The van der Waals surface area contributed by atoms with Gasteiger partial charge >= 0.3 is 0 Å². The average molecular weight is 269 g/mol. The van der Waals surface area contributed by atoms with E-state index in [-0.39, 0.29) is 11.9 Å². The van der Waals surface area contributed by atoms with E-state index in [1.54, 1.807) is 0 Å². The Morgan fingerprint density at radius 2 is 2.00 bits per heavy atom. The number of nitrogens with one attached hydrogen (secondary N) is 1. The van der Waals surface area contributed by atoms with Gasteiger partial charge in [0.15, 0.2) is 0 Å². The first-order valence-corrected chi connectivity index (χ1v) is 7.63. The molecule has 1 rings (SSSR count). The summed E-state index contributed by atoms with van der Waals surface area (Å²) >= 11 is 0. The maximum atomic E-state index is 11.8. The largest absolute Gasteiger partial charge is 0.368 e. The second-order valence-corrected chi connectivity index (χ2v) is 6.52. The molecule has 1 aliphatic rings. The Kier molecular flexibility index (Phi) is 5.81. The minimum Gasteiger partial charge on any atom is -0.368 e. The summed E-state index contributed by atoms with van der Waals surface area (Å²) in [6.45, 7) is 11.6. The standard InChI is InChI=1S/C15H31N3O/c1-6-9-18(13-7-8-13)12(4)10-15(5,14(16)19)17-11(2)3/h11-13,17H,6-10H2,1-5H3,(H2,16,19). The molecule has 0 aliphatic heterocycles. The predicted octanol–water partition coefficient (Wildman–Crippen LogP) is 1.88. The molecule has 2 unspecified atom stereocenters. The van der Waals surface area contributed by atoms with Gasteiger partial charge in [0.25, 0.3) is 0 Å². The first-order valence-electron chi connectivity index (χ1n) is 7.63. The Bertz CT molecular complexity index is 302. The zero-order chi connectivity index (χ0) is 14.6. The molecule has 0 aromatic heterocycles. The molecular formula is C15H31N3O. The summed E-state index contributed by atoms with van der Waals surface area (Å²) in [6, 6.07) is 1.37. The zero-order valence-electron chi connectivity index (χ0n) is 13.2. The number of primary amides is 1. The van der Waals surface area contributed by atoms with Gasteiger partial charge in [-0.25, -0.2) is 0 Å². The molecule has 112 valence electrons. The van der Waals surface area contributed by atoms with Crippen molar-refractivity contribution in [1.82, 2.24) is 10.2 Å². The minimum absolute atomic E-state index is 0.250. The van der Waals surface area contributed by atoms with Crippen molar-refractivity contribution in [3.05, 3.63) is 0 Å². The van der Waals surface area contributed by atoms with Gasteiger partial charge in [0, 0.05) is 18.1 Å². The van der Waals surface area contributed by atoms with Crippen molar-refractivity contribution in [3.63, 3.8) is 0 Å². The van der Waals surface area contributed by atoms with Crippen LogP contribution in [0, 0.1) is 0 Å². The number of nitrogens with two attached hydrogens (primary N) is 1. The molecule has 4 nitrogen and oxygen atoms in total. The summed E-state index contributed by atoms with van der Waals surface area (Å²) in [5.41, 5.74) is 5.00. The third-order valence-electron chi connectivity index (χ3n) is 3.92. The molecule has 4 heteroatoms. The Morgan fingerprint density at radius 1 is 1.42 bits per heavy atom. The molecule has 3 N–H and O–H groups in total. The van der Waals surface area contributed by atoms with Crippen LogP contribution in [0.3, 0.4) is 0 Å². The third kappa shape index (κ3) is 4.77. The summed E-state index contributed by atoms with van der Waals surface area (Å²) in [6.07, 6.45) is 4.53. The fourth-order valence-electron chi connectivity index (χ4n) is 3.00. The van der Waals surface area contributed by atoms with Crippen molar-refractivity contribution >= 4 is 5.91 Å². The number of hydrogen-bond donors (Lipinski definition) is 2. The highest BCUT2D eigenvalue weighted by Crippen LogP contribution is 2.31. The Labute approximate surface area is 118 Å². The molecule has 19 heavy (non-hydrogen) atoms. The molecule has 1 aliphatic carbocycles. The molecule has 0 aromatic carbocycles. The minimum atomic E-state index is -0.617. The predicted molar refractivity (Wildman–Crippen MR) is 80.0 cm³/mol. The second-order valence-electron chi connectivity index (χ2n) is 6.52. The SMILES string of the molecule is CCCN(C(C)CC(C)(NC(C)C)C(N)=O)C1CC1. The van der Waals surface area contributed by atoms with Crippen molar-refractivity contribution in [1.29, 1.82) is 0 Å². The summed E-state index contributed by atoms with van der Waals surface area (Å²) < 4.78 is 0. The van der Waals surface area contributed by atoms with Gasteiger partial charge in [-0.1, -0.05) is 6.92 Å². The maximum absolute atomic E-state index is 11.8. The van der Waals surface area contributed by atoms with Crippen LogP contribution in [0.2, 0.25) is 0 Å². The Hall–Kier alpha value is -0.610. The summed E-state index contributed by atoms with van der Waals surface area (Å²) in [5, 5.41) is 3.34. The van der Waals surface area contributed by atoms with E-state index in [1.807, 2.05) is 6.92 Å². The van der Waals surface area contributed by atoms with Crippen molar-refractivity contribution < 1.29 is 4.79 Å². The highest BCUT2D eigenvalue weighted by molar-refractivity contribution is 5.84. The maximum Gasteiger partial charge on any atom is 0.237 e. The number of amides is 1. The lowest BCUT2D eigenvalue weighted by Crippen LogP contribution is -2.58. The van der Waals surface area contributed by atoms with Crippen LogP contribution in [-0.2, 0) is 4.79 Å². The summed E-state index contributed by atoms with van der Waals surface area (Å²) in [5.74, 6) is -0.250. The van der Waals surface area contributed by atoms with Gasteiger partial charge in [0.05, 0.1) is 5.54 Å². The van der Waals surface area contributed by atoms with Crippen molar-refractivity contribution in [2.24, 2.45) is 5.73 Å². The number of carbonyl (C=O) groups is 1. The molecule has 1 fully saturated rings. The van der Waals surface area contributed by atoms with Crippen LogP contribution in [0.5, 0.6) is 0 Å². The van der Waals surface area contributed by atoms with Crippen molar-refractivity contribution in [3.8, 4) is 0 Å². The zero-order valence-corrected chi connectivity index (χ0v) is 13.2. The first kappa shape index (κ1) is 16.4. The van der Waals surface area contributed by atoms with Gasteiger partial charge in [0.2, 0.25) is 5.91 Å². The van der Waals surface area contributed by atoms with Crippen LogP contribution in [0.15, 0.2) is 0 Å². The summed E-state index contributed by atoms with van der Waals surface area (Å²) in [4.78, 5) is 14.3. The molecule has 1 amide bonds. The fraction of sp³-hybridized carbons (Fsp3) is 0.933. The lowest BCUT2D eigenvalue weighted by atomic mass is 9.91. The van der Waals surface area contributed by atoms with Crippen LogP contribution in [0.1, 0.15) is 60.3 Å². The highest BCUT2D eigenvalue weighted by Gasteiger charge is 2.38. The van der Waals surface area contributed by atoms with Gasteiger partial charge < -0.3 is 11.1 Å². The molecule has 0 aromatic rings. The van der Waals surface area contributed by atoms with Gasteiger partial charge in [0.1, 0.15) is 0 Å². The average Bonchev–Trinajstić information content (AvgIpc) is 3.07. The molecule has 0 saturated heterocycles.